The van der Waals surface area contributed by atoms with Gasteiger partial charge in [-0.15, -0.1) is 0 Å². The third-order valence-electron chi connectivity index (χ3n) is 4.56. The molecule has 1 aliphatic carbocycles. The summed E-state index contributed by atoms with van der Waals surface area (Å²) >= 11 is 0. The number of ether oxygens (including phenoxy) is 3. The van der Waals surface area contributed by atoms with Gasteiger partial charge in [0.05, 0.1) is 31.0 Å². The number of rotatable bonds is 5. The summed E-state index contributed by atoms with van der Waals surface area (Å²) in [6, 6.07) is 7.41. The molecule has 1 amide bonds. The predicted octanol–water partition coefficient (Wildman–Crippen LogP) is 1.67. The maximum absolute atomic E-state index is 12.9. The number of primary amides is 1. The van der Waals surface area contributed by atoms with Crippen LogP contribution in [-0.2, 0) is 19.1 Å². The van der Waals surface area contributed by atoms with Gasteiger partial charge in [-0.2, -0.15) is 0 Å². The number of ketones is 1. The van der Waals surface area contributed by atoms with Crippen molar-refractivity contribution in [3.8, 4) is 5.75 Å². The van der Waals surface area contributed by atoms with Gasteiger partial charge in [-0.3, -0.25) is 9.59 Å². The molecular weight excluding hydrogens is 310 g/mol. The molecular formula is C18H21NO5. The molecule has 2 aliphatic rings. The van der Waals surface area contributed by atoms with Crippen molar-refractivity contribution in [3.05, 3.63) is 36.1 Å². The molecule has 1 heterocycles. The lowest BCUT2D eigenvalue weighted by molar-refractivity contribution is -0.133. The maximum atomic E-state index is 12.9. The van der Waals surface area contributed by atoms with Gasteiger partial charge in [-0.1, -0.05) is 18.2 Å². The first-order chi connectivity index (χ1) is 11.6. The smallest absolute Gasteiger partial charge is 0.243 e. The molecule has 24 heavy (non-hydrogen) atoms. The number of carbonyl (C=O) groups excluding carboxylic acids is 2. The van der Waals surface area contributed by atoms with Crippen LogP contribution in [0.5, 0.6) is 5.75 Å². The molecule has 3 unspecified atom stereocenters. The molecule has 1 aromatic rings. The van der Waals surface area contributed by atoms with Gasteiger partial charge in [0.1, 0.15) is 18.5 Å². The molecule has 128 valence electrons. The SMILES string of the molecule is COc1ccccc1C1=COC2CC(OCC(N)=O)CCC2C1=O. The second-order valence-electron chi connectivity index (χ2n) is 6.09. The molecule has 0 bridgehead atoms. The Kier molecular flexibility index (Phi) is 4.85. The van der Waals surface area contributed by atoms with Crippen LogP contribution in [0.2, 0.25) is 0 Å². The molecule has 0 spiro atoms. The number of hydrogen-bond donors (Lipinski definition) is 1. The molecule has 2 N–H and O–H groups in total. The summed E-state index contributed by atoms with van der Waals surface area (Å²) in [5, 5.41) is 0. The Balaban J connectivity index is 1.75. The third-order valence-corrected chi connectivity index (χ3v) is 4.56. The summed E-state index contributed by atoms with van der Waals surface area (Å²) in [5.74, 6) is 0.0428. The van der Waals surface area contributed by atoms with E-state index in [0.29, 0.717) is 30.6 Å². The maximum Gasteiger partial charge on any atom is 0.243 e. The standard InChI is InChI=1S/C18H21NO5/c1-22-15-5-3-2-4-12(15)14-9-24-16-8-11(23-10-17(19)20)6-7-13(16)18(14)21/h2-5,9,11,13,16H,6-8,10H2,1H3,(H2,19,20). The molecule has 1 fully saturated rings. The first-order valence-electron chi connectivity index (χ1n) is 8.03. The number of benzene rings is 1. The van der Waals surface area contributed by atoms with E-state index in [1.165, 1.54) is 6.26 Å². The Hall–Kier alpha value is -2.34. The second-order valence-corrected chi connectivity index (χ2v) is 6.09. The van der Waals surface area contributed by atoms with E-state index in [-0.39, 0.29) is 30.5 Å². The van der Waals surface area contributed by atoms with Crippen LogP contribution in [0.3, 0.4) is 0 Å². The first kappa shape index (κ1) is 16.5. The summed E-state index contributed by atoms with van der Waals surface area (Å²) in [7, 11) is 1.58. The molecule has 1 aromatic carbocycles. The fourth-order valence-electron chi connectivity index (χ4n) is 3.37. The summed E-state index contributed by atoms with van der Waals surface area (Å²) in [5.41, 5.74) is 6.40. The molecule has 3 rings (SSSR count). The van der Waals surface area contributed by atoms with Gasteiger partial charge in [-0.25, -0.2) is 0 Å². The van der Waals surface area contributed by atoms with Crippen molar-refractivity contribution in [2.24, 2.45) is 11.7 Å². The highest BCUT2D eigenvalue weighted by Crippen LogP contribution is 2.39. The third kappa shape index (κ3) is 3.28. The topological polar surface area (TPSA) is 87.8 Å². The van der Waals surface area contributed by atoms with Crippen molar-refractivity contribution >= 4 is 17.3 Å². The van der Waals surface area contributed by atoms with Crippen LogP contribution < -0.4 is 10.5 Å². The minimum atomic E-state index is -0.490. The number of allylic oxidation sites excluding steroid dienone is 1. The van der Waals surface area contributed by atoms with Gasteiger partial charge >= 0.3 is 0 Å². The molecule has 0 radical (unpaired) electrons. The van der Waals surface area contributed by atoms with E-state index in [1.54, 1.807) is 7.11 Å². The lowest BCUT2D eigenvalue weighted by Crippen LogP contribution is -2.42. The van der Waals surface area contributed by atoms with Crippen LogP contribution >= 0.6 is 0 Å². The van der Waals surface area contributed by atoms with Gasteiger partial charge in [0.2, 0.25) is 5.91 Å². The minimum absolute atomic E-state index is 0.0732. The Bertz CT molecular complexity index is 669. The zero-order valence-corrected chi connectivity index (χ0v) is 13.6. The van der Waals surface area contributed by atoms with Crippen LogP contribution in [0.4, 0.5) is 0 Å². The average Bonchev–Trinajstić information content (AvgIpc) is 2.60. The molecule has 6 nitrogen and oxygen atoms in total. The van der Waals surface area contributed by atoms with Crippen molar-refractivity contribution in [1.82, 2.24) is 0 Å². The van der Waals surface area contributed by atoms with E-state index >= 15 is 0 Å². The Labute approximate surface area is 140 Å². The normalized spacial score (nSPS) is 26.1. The van der Waals surface area contributed by atoms with E-state index < -0.39 is 5.91 Å². The number of carbonyl (C=O) groups is 2. The van der Waals surface area contributed by atoms with Gasteiger partial charge in [-0.05, 0) is 18.9 Å². The minimum Gasteiger partial charge on any atom is -0.496 e. The summed E-state index contributed by atoms with van der Waals surface area (Å²) < 4.78 is 16.6. The summed E-state index contributed by atoms with van der Waals surface area (Å²) in [6.07, 6.45) is 3.16. The zero-order valence-electron chi connectivity index (χ0n) is 13.6. The van der Waals surface area contributed by atoms with Crippen LogP contribution in [0.1, 0.15) is 24.8 Å². The molecule has 1 saturated carbocycles. The van der Waals surface area contributed by atoms with Crippen molar-refractivity contribution in [2.75, 3.05) is 13.7 Å². The fourth-order valence-corrected chi connectivity index (χ4v) is 3.37. The van der Waals surface area contributed by atoms with Crippen LogP contribution in [0.25, 0.3) is 5.57 Å². The summed E-state index contributed by atoms with van der Waals surface area (Å²) in [4.78, 5) is 23.7. The highest BCUT2D eigenvalue weighted by atomic mass is 16.5. The van der Waals surface area contributed by atoms with Crippen molar-refractivity contribution in [2.45, 2.75) is 31.5 Å². The molecule has 0 aromatic heterocycles. The second kappa shape index (κ2) is 7.05. The number of amides is 1. The van der Waals surface area contributed by atoms with Crippen LogP contribution in [0, 0.1) is 5.92 Å². The number of nitrogens with two attached hydrogens (primary N) is 1. The van der Waals surface area contributed by atoms with Gasteiger partial charge < -0.3 is 19.9 Å². The molecule has 3 atom stereocenters. The largest absolute Gasteiger partial charge is 0.496 e. The lowest BCUT2D eigenvalue weighted by Gasteiger charge is -2.37. The summed E-state index contributed by atoms with van der Waals surface area (Å²) in [6.45, 7) is -0.0989. The Morgan fingerprint density at radius 1 is 1.33 bits per heavy atom. The predicted molar refractivity (Wildman–Crippen MR) is 87.1 cm³/mol. The number of hydrogen-bond acceptors (Lipinski definition) is 5. The van der Waals surface area contributed by atoms with Gasteiger partial charge in [0, 0.05) is 12.0 Å². The van der Waals surface area contributed by atoms with Crippen molar-refractivity contribution in [3.63, 3.8) is 0 Å². The molecule has 0 saturated heterocycles. The van der Waals surface area contributed by atoms with E-state index in [2.05, 4.69) is 0 Å². The molecule has 1 aliphatic heterocycles. The average molecular weight is 331 g/mol. The quantitative estimate of drug-likeness (QED) is 0.887. The fraction of sp³-hybridized carbons (Fsp3) is 0.444. The van der Waals surface area contributed by atoms with E-state index in [1.807, 2.05) is 24.3 Å². The highest BCUT2D eigenvalue weighted by Gasteiger charge is 2.41. The molecule has 6 heteroatoms. The van der Waals surface area contributed by atoms with E-state index in [0.717, 1.165) is 5.56 Å². The van der Waals surface area contributed by atoms with Crippen molar-refractivity contribution < 1.29 is 23.8 Å². The van der Waals surface area contributed by atoms with Gasteiger partial charge in [0.25, 0.3) is 0 Å². The number of Topliss-reactive ketones (excluding diaryl/α,β-unsaturated/α-hetero) is 1. The monoisotopic (exact) mass is 331 g/mol. The van der Waals surface area contributed by atoms with Gasteiger partial charge in [0.15, 0.2) is 5.78 Å². The van der Waals surface area contributed by atoms with E-state index in [4.69, 9.17) is 19.9 Å². The number of methoxy groups -OCH3 is 1. The Morgan fingerprint density at radius 2 is 2.12 bits per heavy atom. The number of fused-ring (bicyclic) bond motifs is 1. The van der Waals surface area contributed by atoms with Crippen LogP contribution in [0.15, 0.2) is 30.5 Å². The lowest BCUT2D eigenvalue weighted by atomic mass is 9.77. The zero-order chi connectivity index (χ0) is 17.1. The van der Waals surface area contributed by atoms with E-state index in [9.17, 15) is 9.59 Å². The Morgan fingerprint density at radius 3 is 2.88 bits per heavy atom. The highest BCUT2D eigenvalue weighted by molar-refractivity contribution is 6.22. The number of para-hydroxylation sites is 1. The van der Waals surface area contributed by atoms with Crippen LogP contribution in [-0.4, -0.2) is 37.6 Å². The van der Waals surface area contributed by atoms with Crippen molar-refractivity contribution in [1.29, 1.82) is 0 Å². The first-order valence-corrected chi connectivity index (χ1v) is 8.03.